The van der Waals surface area contributed by atoms with Crippen molar-refractivity contribution in [1.29, 1.82) is 0 Å². The van der Waals surface area contributed by atoms with Gasteiger partial charge in [-0.2, -0.15) is 0 Å². The number of nitrogens with zero attached hydrogens (tertiary/aromatic N) is 2. The van der Waals surface area contributed by atoms with Gasteiger partial charge in [-0.25, -0.2) is 0 Å². The van der Waals surface area contributed by atoms with Gasteiger partial charge in [0, 0.05) is 45.2 Å². The van der Waals surface area contributed by atoms with E-state index in [4.69, 9.17) is 14.0 Å². The Bertz CT molecular complexity index is 1010. The first-order valence-electron chi connectivity index (χ1n) is 12.6. The molecule has 0 saturated carbocycles. The van der Waals surface area contributed by atoms with Crippen molar-refractivity contribution in [3.05, 3.63) is 47.7 Å². The zero-order chi connectivity index (χ0) is 25.3. The van der Waals surface area contributed by atoms with Crippen LogP contribution in [0, 0.1) is 6.92 Å². The van der Waals surface area contributed by atoms with Gasteiger partial charge in [0.2, 0.25) is 17.7 Å². The minimum atomic E-state index is -0.842. The van der Waals surface area contributed by atoms with E-state index in [2.05, 4.69) is 15.8 Å². The smallest absolute Gasteiger partial charge is 0.247 e. The van der Waals surface area contributed by atoms with Crippen LogP contribution in [0.15, 0.2) is 40.9 Å². The Kier molecular flexibility index (Phi) is 9.07. The maximum absolute atomic E-state index is 13.5. The Balaban J connectivity index is 1.48. The first kappa shape index (κ1) is 25.8. The van der Waals surface area contributed by atoms with Crippen molar-refractivity contribution in [3.63, 3.8) is 0 Å². The summed E-state index contributed by atoms with van der Waals surface area (Å²) < 4.78 is 16.4. The van der Waals surface area contributed by atoms with Crippen LogP contribution in [0.2, 0.25) is 0 Å². The van der Waals surface area contributed by atoms with Crippen molar-refractivity contribution in [1.82, 2.24) is 15.4 Å². The fourth-order valence-electron chi connectivity index (χ4n) is 4.58. The zero-order valence-corrected chi connectivity index (χ0v) is 20.6. The number of aryl methyl sites for hydroxylation is 1. The first-order chi connectivity index (χ1) is 17.5. The van der Waals surface area contributed by atoms with Crippen molar-refractivity contribution in [2.75, 3.05) is 31.6 Å². The first-order valence-corrected chi connectivity index (χ1v) is 12.6. The van der Waals surface area contributed by atoms with E-state index in [9.17, 15) is 14.4 Å². The SMILES string of the molecule is Cc1cc(NC(=O)CCC(=O)N(CC2CCCO2)C(C(=O)NCC2CCCO2)c2ccccc2)no1. The third-order valence-electron chi connectivity index (χ3n) is 6.41. The number of benzene rings is 1. The lowest BCUT2D eigenvalue weighted by Crippen LogP contribution is -2.47. The van der Waals surface area contributed by atoms with Crippen LogP contribution in [0.5, 0.6) is 0 Å². The van der Waals surface area contributed by atoms with Crippen LogP contribution in [0.3, 0.4) is 0 Å². The number of rotatable bonds is 11. The second-order valence-electron chi connectivity index (χ2n) is 9.25. The summed E-state index contributed by atoms with van der Waals surface area (Å²) in [6.45, 7) is 3.72. The Labute approximate surface area is 210 Å². The van der Waals surface area contributed by atoms with Crippen LogP contribution in [0.4, 0.5) is 5.82 Å². The fraction of sp³-hybridized carbons (Fsp3) is 0.538. The molecule has 3 atom stereocenters. The van der Waals surface area contributed by atoms with Crippen LogP contribution in [0.25, 0.3) is 0 Å². The molecule has 3 unspecified atom stereocenters. The molecular weight excluding hydrogens is 464 g/mol. The molecule has 3 heterocycles. The third-order valence-corrected chi connectivity index (χ3v) is 6.41. The molecule has 10 nitrogen and oxygen atoms in total. The second-order valence-corrected chi connectivity index (χ2v) is 9.25. The minimum absolute atomic E-state index is 0.0171. The van der Waals surface area contributed by atoms with Gasteiger partial charge in [0.1, 0.15) is 11.8 Å². The molecule has 1 aromatic carbocycles. The number of carbonyl (C=O) groups excluding carboxylic acids is 3. The molecule has 2 fully saturated rings. The highest BCUT2D eigenvalue weighted by Crippen LogP contribution is 2.26. The van der Waals surface area contributed by atoms with Gasteiger partial charge in [0.15, 0.2) is 5.82 Å². The number of anilines is 1. The van der Waals surface area contributed by atoms with Crippen molar-refractivity contribution >= 4 is 23.5 Å². The summed E-state index contributed by atoms with van der Waals surface area (Å²) in [7, 11) is 0. The molecule has 4 rings (SSSR count). The summed E-state index contributed by atoms with van der Waals surface area (Å²) in [6, 6.07) is 10.00. The monoisotopic (exact) mass is 498 g/mol. The molecule has 194 valence electrons. The lowest BCUT2D eigenvalue weighted by atomic mass is 10.0. The van der Waals surface area contributed by atoms with Gasteiger partial charge < -0.3 is 29.5 Å². The molecule has 36 heavy (non-hydrogen) atoms. The quantitative estimate of drug-likeness (QED) is 0.488. The normalized spacial score (nSPS) is 20.1. The molecule has 10 heteroatoms. The molecule has 0 aliphatic carbocycles. The predicted octanol–water partition coefficient (Wildman–Crippen LogP) is 2.75. The zero-order valence-electron chi connectivity index (χ0n) is 20.6. The maximum Gasteiger partial charge on any atom is 0.247 e. The molecule has 0 bridgehead atoms. The molecule has 2 saturated heterocycles. The number of nitrogens with one attached hydrogen (secondary N) is 2. The topological polar surface area (TPSA) is 123 Å². The van der Waals surface area contributed by atoms with E-state index in [1.165, 1.54) is 0 Å². The van der Waals surface area contributed by atoms with Crippen LogP contribution < -0.4 is 10.6 Å². The standard InChI is InChI=1S/C26H34N4O6/c1-18-15-22(29-36-18)28-23(31)11-12-24(32)30(17-21-10-6-14-35-21)25(19-7-3-2-4-8-19)26(33)27-16-20-9-5-13-34-20/h2-4,7-8,15,20-21,25H,5-6,9-14,16-17H2,1H3,(H,27,33)(H,28,29,31). The van der Waals surface area contributed by atoms with Crippen molar-refractivity contribution < 1.29 is 28.4 Å². The van der Waals surface area contributed by atoms with E-state index in [0.717, 1.165) is 25.7 Å². The van der Waals surface area contributed by atoms with E-state index in [0.29, 0.717) is 36.9 Å². The van der Waals surface area contributed by atoms with E-state index < -0.39 is 6.04 Å². The van der Waals surface area contributed by atoms with E-state index in [-0.39, 0.29) is 49.3 Å². The number of ether oxygens (including phenoxy) is 2. The number of carbonyl (C=O) groups is 3. The van der Waals surface area contributed by atoms with E-state index >= 15 is 0 Å². The number of hydrogen-bond acceptors (Lipinski definition) is 7. The summed E-state index contributed by atoms with van der Waals surface area (Å²) >= 11 is 0. The highest BCUT2D eigenvalue weighted by atomic mass is 16.5. The van der Waals surface area contributed by atoms with Gasteiger partial charge in [-0.3, -0.25) is 14.4 Å². The largest absolute Gasteiger partial charge is 0.376 e. The highest BCUT2D eigenvalue weighted by Gasteiger charge is 2.34. The summed E-state index contributed by atoms with van der Waals surface area (Å²) in [5.74, 6) is -0.0443. The van der Waals surface area contributed by atoms with Crippen molar-refractivity contribution in [2.45, 2.75) is 63.7 Å². The Hall–Kier alpha value is -3.24. The van der Waals surface area contributed by atoms with Gasteiger partial charge in [-0.1, -0.05) is 35.5 Å². The fourth-order valence-corrected chi connectivity index (χ4v) is 4.58. The van der Waals surface area contributed by atoms with Crippen LogP contribution in [-0.2, 0) is 23.9 Å². The Morgan fingerprint density at radius 3 is 2.42 bits per heavy atom. The van der Waals surface area contributed by atoms with Crippen LogP contribution in [-0.4, -0.2) is 66.3 Å². The minimum Gasteiger partial charge on any atom is -0.376 e. The summed E-state index contributed by atoms with van der Waals surface area (Å²) in [5.41, 5.74) is 0.705. The molecule has 0 radical (unpaired) electrons. The molecule has 1 aromatic heterocycles. The molecular formula is C26H34N4O6. The second kappa shape index (κ2) is 12.6. The summed E-state index contributed by atoms with van der Waals surface area (Å²) in [4.78, 5) is 41.0. The molecule has 2 N–H and O–H groups in total. The lowest BCUT2D eigenvalue weighted by Gasteiger charge is -2.33. The van der Waals surface area contributed by atoms with E-state index in [1.54, 1.807) is 17.9 Å². The average Bonchev–Trinajstić information content (AvgIpc) is 3.66. The van der Waals surface area contributed by atoms with Gasteiger partial charge in [-0.15, -0.1) is 0 Å². The van der Waals surface area contributed by atoms with Crippen LogP contribution in [0.1, 0.15) is 55.9 Å². The predicted molar refractivity (Wildman–Crippen MR) is 131 cm³/mol. The number of hydrogen-bond donors (Lipinski definition) is 2. The summed E-state index contributed by atoms with van der Waals surface area (Å²) in [5, 5.41) is 9.37. The highest BCUT2D eigenvalue weighted by molar-refractivity contribution is 5.94. The maximum atomic E-state index is 13.5. The van der Waals surface area contributed by atoms with Gasteiger partial charge in [0.25, 0.3) is 0 Å². The molecule has 0 spiro atoms. The Morgan fingerprint density at radius 2 is 1.78 bits per heavy atom. The van der Waals surface area contributed by atoms with Crippen molar-refractivity contribution in [2.24, 2.45) is 0 Å². The van der Waals surface area contributed by atoms with Crippen molar-refractivity contribution in [3.8, 4) is 0 Å². The third kappa shape index (κ3) is 7.14. The average molecular weight is 499 g/mol. The number of amides is 3. The lowest BCUT2D eigenvalue weighted by molar-refractivity contribution is -0.143. The summed E-state index contributed by atoms with van der Waals surface area (Å²) in [6.07, 6.45) is 3.32. The van der Waals surface area contributed by atoms with Crippen LogP contribution >= 0.6 is 0 Å². The van der Waals surface area contributed by atoms with Gasteiger partial charge >= 0.3 is 0 Å². The molecule has 2 aliphatic heterocycles. The van der Waals surface area contributed by atoms with Gasteiger partial charge in [0.05, 0.1) is 12.2 Å². The van der Waals surface area contributed by atoms with Gasteiger partial charge in [-0.05, 0) is 38.2 Å². The Morgan fingerprint density at radius 1 is 1.06 bits per heavy atom. The molecule has 2 aliphatic rings. The molecule has 2 aromatic rings. The molecule has 3 amide bonds. The van der Waals surface area contributed by atoms with E-state index in [1.807, 2.05) is 30.3 Å². The number of aromatic nitrogens is 1.